The molecule has 0 amide bonds. The molecule has 0 atom stereocenters. The van der Waals surface area contributed by atoms with E-state index in [4.69, 9.17) is 0 Å². The van der Waals surface area contributed by atoms with Crippen LogP contribution in [-0.4, -0.2) is 29.8 Å². The SMILES string of the molecule is [CH]1CNCCN1c1cccnn1. The number of hydrogen-bond acceptors (Lipinski definition) is 4. The summed E-state index contributed by atoms with van der Waals surface area (Å²) >= 11 is 0. The van der Waals surface area contributed by atoms with Crippen molar-refractivity contribution < 1.29 is 0 Å². The summed E-state index contributed by atoms with van der Waals surface area (Å²) in [5.74, 6) is 0.930. The molecular weight excluding hydrogens is 152 g/mol. The Bertz CT molecular complexity index is 230. The quantitative estimate of drug-likeness (QED) is 0.635. The van der Waals surface area contributed by atoms with E-state index in [0.29, 0.717) is 0 Å². The van der Waals surface area contributed by atoms with Gasteiger partial charge < -0.3 is 10.2 Å². The summed E-state index contributed by atoms with van der Waals surface area (Å²) < 4.78 is 0. The van der Waals surface area contributed by atoms with E-state index in [-0.39, 0.29) is 0 Å². The molecule has 1 fully saturated rings. The Morgan fingerprint density at radius 3 is 3.17 bits per heavy atom. The largest absolute Gasteiger partial charge is 0.347 e. The number of piperazine rings is 1. The summed E-state index contributed by atoms with van der Waals surface area (Å²) in [6.45, 7) is 4.98. The second-order valence-electron chi connectivity index (χ2n) is 2.66. The van der Waals surface area contributed by atoms with Gasteiger partial charge in [0, 0.05) is 25.8 Å². The van der Waals surface area contributed by atoms with Crippen LogP contribution in [0.4, 0.5) is 5.82 Å². The van der Waals surface area contributed by atoms with Crippen molar-refractivity contribution in [3.63, 3.8) is 0 Å². The number of rotatable bonds is 1. The zero-order valence-corrected chi connectivity index (χ0v) is 6.77. The summed E-state index contributed by atoms with van der Waals surface area (Å²) in [6.07, 6.45) is 1.69. The van der Waals surface area contributed by atoms with Crippen molar-refractivity contribution >= 4 is 5.82 Å². The van der Waals surface area contributed by atoms with Gasteiger partial charge in [-0.3, -0.25) is 0 Å². The van der Waals surface area contributed by atoms with Crippen LogP contribution >= 0.6 is 0 Å². The van der Waals surface area contributed by atoms with Crippen molar-refractivity contribution in [2.75, 3.05) is 24.5 Å². The fourth-order valence-corrected chi connectivity index (χ4v) is 1.22. The fourth-order valence-electron chi connectivity index (χ4n) is 1.22. The Labute approximate surface area is 71.6 Å². The lowest BCUT2D eigenvalue weighted by Gasteiger charge is -2.26. The maximum Gasteiger partial charge on any atom is 0.151 e. The molecule has 1 aromatic rings. The van der Waals surface area contributed by atoms with Gasteiger partial charge in [-0.1, -0.05) is 0 Å². The highest BCUT2D eigenvalue weighted by Gasteiger charge is 2.10. The zero-order valence-electron chi connectivity index (χ0n) is 6.77. The number of aromatic nitrogens is 2. The topological polar surface area (TPSA) is 41.0 Å². The van der Waals surface area contributed by atoms with Gasteiger partial charge in [0.05, 0.1) is 6.54 Å². The smallest absolute Gasteiger partial charge is 0.151 e. The highest BCUT2D eigenvalue weighted by atomic mass is 15.3. The Balaban J connectivity index is 2.08. The van der Waals surface area contributed by atoms with Crippen LogP contribution in [0.2, 0.25) is 0 Å². The van der Waals surface area contributed by atoms with Gasteiger partial charge in [-0.05, 0) is 12.1 Å². The van der Waals surface area contributed by atoms with Gasteiger partial charge in [-0.2, -0.15) is 5.10 Å². The van der Waals surface area contributed by atoms with Crippen LogP contribution in [0.15, 0.2) is 18.3 Å². The summed E-state index contributed by atoms with van der Waals surface area (Å²) in [4.78, 5) is 2.11. The molecule has 1 radical (unpaired) electrons. The molecule has 0 unspecified atom stereocenters. The Morgan fingerprint density at radius 2 is 2.50 bits per heavy atom. The van der Waals surface area contributed by atoms with E-state index in [2.05, 4.69) is 27.0 Å². The first-order valence-electron chi connectivity index (χ1n) is 4.05. The third-order valence-electron chi connectivity index (χ3n) is 1.84. The standard InChI is InChI=1S/C8H11N4/c1-2-8(11-10-3-1)12-6-4-9-5-7-12/h1-3,6,9H,4-5,7H2. The second kappa shape index (κ2) is 3.49. The van der Waals surface area contributed by atoms with Crippen LogP contribution in [0, 0.1) is 6.54 Å². The van der Waals surface area contributed by atoms with E-state index >= 15 is 0 Å². The van der Waals surface area contributed by atoms with Crippen molar-refractivity contribution in [1.29, 1.82) is 0 Å². The molecule has 2 rings (SSSR count). The highest BCUT2D eigenvalue weighted by molar-refractivity contribution is 5.39. The van der Waals surface area contributed by atoms with Crippen LogP contribution in [0.3, 0.4) is 0 Å². The lowest BCUT2D eigenvalue weighted by molar-refractivity contribution is 0.633. The monoisotopic (exact) mass is 163 g/mol. The van der Waals surface area contributed by atoms with Gasteiger partial charge in [0.1, 0.15) is 0 Å². The van der Waals surface area contributed by atoms with Crippen LogP contribution in [0.5, 0.6) is 0 Å². The third-order valence-corrected chi connectivity index (χ3v) is 1.84. The number of anilines is 1. The molecule has 2 heterocycles. The second-order valence-corrected chi connectivity index (χ2v) is 2.66. The van der Waals surface area contributed by atoms with Gasteiger partial charge in [0.2, 0.25) is 0 Å². The molecule has 1 aliphatic rings. The normalized spacial score (nSPS) is 17.8. The molecule has 1 aliphatic heterocycles. The lowest BCUT2D eigenvalue weighted by Crippen LogP contribution is -2.40. The van der Waals surface area contributed by atoms with E-state index < -0.39 is 0 Å². The number of nitrogens with zero attached hydrogens (tertiary/aromatic N) is 3. The molecule has 4 nitrogen and oxygen atoms in total. The third kappa shape index (κ3) is 1.53. The van der Waals surface area contributed by atoms with Gasteiger partial charge >= 0.3 is 0 Å². The molecular formula is C8H11N4. The molecule has 0 saturated carbocycles. The average molecular weight is 163 g/mol. The van der Waals surface area contributed by atoms with Crippen molar-refractivity contribution in [2.45, 2.75) is 0 Å². The molecule has 0 aromatic carbocycles. The minimum Gasteiger partial charge on any atom is -0.347 e. The van der Waals surface area contributed by atoms with Crippen molar-refractivity contribution in [3.05, 3.63) is 24.9 Å². The molecule has 0 aliphatic carbocycles. The van der Waals surface area contributed by atoms with Gasteiger partial charge in [-0.15, -0.1) is 5.10 Å². The predicted molar refractivity (Wildman–Crippen MR) is 46.5 cm³/mol. The van der Waals surface area contributed by atoms with Crippen molar-refractivity contribution in [2.24, 2.45) is 0 Å². The van der Waals surface area contributed by atoms with E-state index in [1.54, 1.807) is 6.20 Å². The highest BCUT2D eigenvalue weighted by Crippen LogP contribution is 2.10. The first-order chi connectivity index (χ1) is 5.97. The van der Waals surface area contributed by atoms with Crippen LogP contribution in [0.1, 0.15) is 0 Å². The summed E-state index contributed by atoms with van der Waals surface area (Å²) in [7, 11) is 0. The van der Waals surface area contributed by atoms with E-state index in [0.717, 1.165) is 25.5 Å². The Hall–Kier alpha value is -1.16. The van der Waals surface area contributed by atoms with Crippen LogP contribution < -0.4 is 10.2 Å². The maximum atomic E-state index is 4.02. The summed E-state index contributed by atoms with van der Waals surface area (Å²) in [5.41, 5.74) is 0. The first-order valence-corrected chi connectivity index (χ1v) is 4.05. The number of nitrogens with one attached hydrogen (secondary N) is 1. The molecule has 1 N–H and O–H groups in total. The fraction of sp³-hybridized carbons (Fsp3) is 0.375. The first kappa shape index (κ1) is 7.49. The van der Waals surface area contributed by atoms with Crippen LogP contribution in [0.25, 0.3) is 0 Å². The molecule has 4 heteroatoms. The Morgan fingerprint density at radius 1 is 1.50 bits per heavy atom. The van der Waals surface area contributed by atoms with E-state index in [9.17, 15) is 0 Å². The minimum absolute atomic E-state index is 0.913. The molecule has 1 saturated heterocycles. The van der Waals surface area contributed by atoms with Crippen molar-refractivity contribution in [3.8, 4) is 0 Å². The summed E-state index contributed by atoms with van der Waals surface area (Å²) in [6, 6.07) is 3.87. The van der Waals surface area contributed by atoms with E-state index in [1.165, 1.54) is 0 Å². The minimum atomic E-state index is 0.913. The van der Waals surface area contributed by atoms with Gasteiger partial charge in [0.25, 0.3) is 0 Å². The zero-order chi connectivity index (χ0) is 8.23. The van der Waals surface area contributed by atoms with Gasteiger partial charge in [-0.25, -0.2) is 0 Å². The molecule has 63 valence electrons. The molecule has 1 aromatic heterocycles. The molecule has 0 bridgehead atoms. The Kier molecular flexibility index (Phi) is 2.18. The summed E-state index contributed by atoms with van der Waals surface area (Å²) in [5, 5.41) is 11.1. The molecule has 0 spiro atoms. The van der Waals surface area contributed by atoms with Crippen molar-refractivity contribution in [1.82, 2.24) is 15.5 Å². The molecule has 12 heavy (non-hydrogen) atoms. The van der Waals surface area contributed by atoms with Crippen LogP contribution in [-0.2, 0) is 0 Å². The average Bonchev–Trinajstić information content (AvgIpc) is 2.21. The van der Waals surface area contributed by atoms with E-state index in [1.807, 2.05) is 12.1 Å². The lowest BCUT2D eigenvalue weighted by atomic mass is 10.3. The number of hydrogen-bond donors (Lipinski definition) is 1. The maximum absolute atomic E-state index is 4.02. The van der Waals surface area contributed by atoms with Gasteiger partial charge in [0.15, 0.2) is 5.82 Å². The predicted octanol–water partition coefficient (Wildman–Crippen LogP) is 0.0480.